The Hall–Kier alpha value is -2.74. The molecule has 8 heteroatoms. The van der Waals surface area contributed by atoms with Crippen molar-refractivity contribution in [2.75, 3.05) is 19.6 Å². The van der Waals surface area contributed by atoms with Crippen LogP contribution in [0, 0.1) is 5.82 Å². The summed E-state index contributed by atoms with van der Waals surface area (Å²) in [6.07, 6.45) is 1.35. The van der Waals surface area contributed by atoms with Crippen LogP contribution in [0.1, 0.15) is 23.2 Å². The molecule has 0 atom stereocenters. The molecule has 3 rings (SSSR count). The summed E-state index contributed by atoms with van der Waals surface area (Å²) in [6, 6.07) is 5.01. The summed E-state index contributed by atoms with van der Waals surface area (Å²) < 4.78 is 13.5. The summed E-state index contributed by atoms with van der Waals surface area (Å²) in [5, 5.41) is 3.25. The maximum Gasteiger partial charge on any atom is 0.252 e. The van der Waals surface area contributed by atoms with Crippen molar-refractivity contribution >= 4 is 22.7 Å². The summed E-state index contributed by atoms with van der Waals surface area (Å²) in [6.45, 7) is 1.51. The lowest BCUT2D eigenvalue weighted by Gasteiger charge is -2.31. The minimum atomic E-state index is -0.478. The van der Waals surface area contributed by atoms with Gasteiger partial charge in [0.15, 0.2) is 0 Å². The third-order valence-corrected chi connectivity index (χ3v) is 4.35. The minimum absolute atomic E-state index is 0.0699. The summed E-state index contributed by atoms with van der Waals surface area (Å²) in [5.41, 5.74) is 5.33. The average molecular weight is 346 g/mol. The average Bonchev–Trinajstić information content (AvgIpc) is 2.56. The largest absolute Gasteiger partial charge is 0.369 e. The van der Waals surface area contributed by atoms with Crippen molar-refractivity contribution in [2.24, 2.45) is 5.73 Å². The molecule has 0 radical (unpaired) electrons. The number of amides is 2. The van der Waals surface area contributed by atoms with Crippen LogP contribution < -0.4 is 16.6 Å². The van der Waals surface area contributed by atoms with E-state index in [9.17, 15) is 18.8 Å². The minimum Gasteiger partial charge on any atom is -0.369 e. The molecule has 25 heavy (non-hydrogen) atoms. The number of aromatic nitrogens is 1. The van der Waals surface area contributed by atoms with E-state index in [1.54, 1.807) is 0 Å². The van der Waals surface area contributed by atoms with Crippen LogP contribution in [0.3, 0.4) is 0 Å². The van der Waals surface area contributed by atoms with Gasteiger partial charge in [-0.2, -0.15) is 0 Å². The van der Waals surface area contributed by atoms with Crippen LogP contribution in [0.15, 0.2) is 29.1 Å². The number of rotatable bonds is 4. The van der Waals surface area contributed by atoms with Crippen LogP contribution in [0.4, 0.5) is 4.39 Å². The molecule has 7 nitrogen and oxygen atoms in total. The molecule has 1 aromatic carbocycles. The molecule has 2 amide bonds. The van der Waals surface area contributed by atoms with Gasteiger partial charge in [-0.25, -0.2) is 4.39 Å². The third kappa shape index (κ3) is 4.03. The molecule has 0 aliphatic carbocycles. The number of primary amides is 1. The van der Waals surface area contributed by atoms with E-state index in [4.69, 9.17) is 5.73 Å². The number of aromatic amines is 1. The Bertz CT molecular complexity index is 872. The SMILES string of the molecule is NC(=O)CN1CCC(NC(=O)c2cc(=O)[nH]c3ccc(F)cc23)CC1. The number of fused-ring (bicyclic) bond motifs is 1. The number of piperidine rings is 1. The van der Waals surface area contributed by atoms with Gasteiger partial charge in [-0.3, -0.25) is 19.3 Å². The number of nitrogens with one attached hydrogen (secondary N) is 2. The summed E-state index contributed by atoms with van der Waals surface area (Å²) in [5.74, 6) is -1.26. The van der Waals surface area contributed by atoms with E-state index in [1.807, 2.05) is 4.90 Å². The highest BCUT2D eigenvalue weighted by molar-refractivity contribution is 6.06. The van der Waals surface area contributed by atoms with Gasteiger partial charge in [0.25, 0.3) is 5.91 Å². The first kappa shape index (κ1) is 17.1. The van der Waals surface area contributed by atoms with Crippen molar-refractivity contribution in [3.63, 3.8) is 0 Å². The standard InChI is InChI=1S/C17H19FN4O3/c18-10-1-2-14-12(7-10)13(8-16(24)21-14)17(25)20-11-3-5-22(6-4-11)9-15(19)23/h1-2,7-8,11H,3-6,9H2,(H2,19,23)(H,20,25)(H,21,24). The molecule has 1 aromatic heterocycles. The Labute approximate surface area is 143 Å². The van der Waals surface area contributed by atoms with Gasteiger partial charge in [0.1, 0.15) is 5.82 Å². The smallest absolute Gasteiger partial charge is 0.252 e. The number of hydrogen-bond acceptors (Lipinski definition) is 4. The van der Waals surface area contributed by atoms with E-state index in [0.29, 0.717) is 36.8 Å². The van der Waals surface area contributed by atoms with Gasteiger partial charge in [-0.05, 0) is 31.0 Å². The Balaban J connectivity index is 1.74. The Morgan fingerprint density at radius 1 is 1.28 bits per heavy atom. The number of nitrogens with two attached hydrogens (primary N) is 1. The highest BCUT2D eigenvalue weighted by atomic mass is 19.1. The van der Waals surface area contributed by atoms with Crippen LogP contribution >= 0.6 is 0 Å². The molecule has 1 saturated heterocycles. The van der Waals surface area contributed by atoms with Gasteiger partial charge in [-0.15, -0.1) is 0 Å². The van der Waals surface area contributed by atoms with Gasteiger partial charge < -0.3 is 16.0 Å². The first-order valence-electron chi connectivity index (χ1n) is 8.06. The maximum atomic E-state index is 13.5. The fourth-order valence-electron chi connectivity index (χ4n) is 3.13. The molecule has 2 heterocycles. The lowest BCUT2D eigenvalue weighted by Crippen LogP contribution is -2.46. The third-order valence-electron chi connectivity index (χ3n) is 4.35. The summed E-state index contributed by atoms with van der Waals surface area (Å²) in [4.78, 5) is 39.8. The number of likely N-dealkylation sites (tertiary alicyclic amines) is 1. The molecule has 0 bridgehead atoms. The Morgan fingerprint density at radius 3 is 2.68 bits per heavy atom. The quantitative estimate of drug-likeness (QED) is 0.742. The van der Waals surface area contributed by atoms with Crippen molar-refractivity contribution in [3.05, 3.63) is 46.0 Å². The zero-order chi connectivity index (χ0) is 18.0. The summed E-state index contributed by atoms with van der Waals surface area (Å²) in [7, 11) is 0. The zero-order valence-electron chi connectivity index (χ0n) is 13.5. The van der Waals surface area contributed by atoms with E-state index in [-0.39, 0.29) is 24.1 Å². The molecule has 0 unspecified atom stereocenters. The van der Waals surface area contributed by atoms with Gasteiger partial charge in [0, 0.05) is 36.1 Å². The van der Waals surface area contributed by atoms with Crippen molar-refractivity contribution < 1.29 is 14.0 Å². The molecule has 0 spiro atoms. The van der Waals surface area contributed by atoms with Crippen LogP contribution in [0.2, 0.25) is 0 Å². The van der Waals surface area contributed by atoms with E-state index in [1.165, 1.54) is 24.3 Å². The van der Waals surface area contributed by atoms with Gasteiger partial charge in [0.05, 0.1) is 12.1 Å². The second kappa shape index (κ2) is 7.02. The molecular weight excluding hydrogens is 327 g/mol. The highest BCUT2D eigenvalue weighted by Crippen LogP contribution is 2.18. The van der Waals surface area contributed by atoms with Crippen molar-refractivity contribution in [2.45, 2.75) is 18.9 Å². The number of carbonyl (C=O) groups excluding carboxylic acids is 2. The highest BCUT2D eigenvalue weighted by Gasteiger charge is 2.23. The van der Waals surface area contributed by atoms with Gasteiger partial charge in [-0.1, -0.05) is 0 Å². The second-order valence-corrected chi connectivity index (χ2v) is 6.23. The molecule has 4 N–H and O–H groups in total. The number of carbonyl (C=O) groups is 2. The number of halogens is 1. The van der Waals surface area contributed by atoms with Crippen molar-refractivity contribution in [1.82, 2.24) is 15.2 Å². The number of pyridine rings is 1. The fourth-order valence-corrected chi connectivity index (χ4v) is 3.13. The van der Waals surface area contributed by atoms with Gasteiger partial charge in [0.2, 0.25) is 11.5 Å². The second-order valence-electron chi connectivity index (χ2n) is 6.23. The fraction of sp³-hybridized carbons (Fsp3) is 0.353. The number of hydrogen-bond donors (Lipinski definition) is 3. The molecule has 1 aliphatic heterocycles. The molecule has 132 valence electrons. The first-order chi connectivity index (χ1) is 11.9. The molecule has 1 aliphatic rings. The predicted molar refractivity (Wildman–Crippen MR) is 90.6 cm³/mol. The lowest BCUT2D eigenvalue weighted by atomic mass is 10.0. The lowest BCUT2D eigenvalue weighted by molar-refractivity contribution is -0.119. The number of nitrogens with zero attached hydrogens (tertiary/aromatic N) is 1. The van der Waals surface area contributed by atoms with E-state index >= 15 is 0 Å². The predicted octanol–water partition coefficient (Wildman–Crippen LogP) is 0.347. The topological polar surface area (TPSA) is 108 Å². The van der Waals surface area contributed by atoms with Gasteiger partial charge >= 0.3 is 0 Å². The number of H-pyrrole nitrogens is 1. The maximum absolute atomic E-state index is 13.5. The van der Waals surface area contributed by atoms with E-state index in [2.05, 4.69) is 10.3 Å². The first-order valence-corrected chi connectivity index (χ1v) is 8.06. The Morgan fingerprint density at radius 2 is 2.00 bits per heavy atom. The molecule has 1 fully saturated rings. The van der Waals surface area contributed by atoms with Crippen LogP contribution in [0.25, 0.3) is 10.9 Å². The Kier molecular flexibility index (Phi) is 4.80. The zero-order valence-corrected chi connectivity index (χ0v) is 13.5. The van der Waals surface area contributed by atoms with Crippen molar-refractivity contribution in [3.8, 4) is 0 Å². The molecular formula is C17H19FN4O3. The van der Waals surface area contributed by atoms with E-state index in [0.717, 1.165) is 0 Å². The molecule has 0 saturated carbocycles. The van der Waals surface area contributed by atoms with Crippen molar-refractivity contribution in [1.29, 1.82) is 0 Å². The molecule has 2 aromatic rings. The van der Waals surface area contributed by atoms with E-state index < -0.39 is 17.3 Å². The summed E-state index contributed by atoms with van der Waals surface area (Å²) >= 11 is 0. The normalized spacial score (nSPS) is 16.0. The number of benzene rings is 1. The monoisotopic (exact) mass is 346 g/mol. The van der Waals surface area contributed by atoms with Crippen LogP contribution in [0.5, 0.6) is 0 Å². The van der Waals surface area contributed by atoms with Crippen LogP contribution in [-0.4, -0.2) is 47.4 Å². The van der Waals surface area contributed by atoms with Crippen LogP contribution in [-0.2, 0) is 4.79 Å².